The van der Waals surface area contributed by atoms with E-state index in [-0.39, 0.29) is 0 Å². The summed E-state index contributed by atoms with van der Waals surface area (Å²) in [6, 6.07) is 6.82. The first-order valence-electron chi connectivity index (χ1n) is 6.59. The molecule has 2 aromatic rings. The predicted molar refractivity (Wildman–Crippen MR) is 86.2 cm³/mol. The van der Waals surface area contributed by atoms with Gasteiger partial charge in [-0.05, 0) is 43.3 Å². The quantitative estimate of drug-likeness (QED) is 0.844. The first-order valence-corrected chi connectivity index (χ1v) is 8.20. The van der Waals surface area contributed by atoms with Crippen molar-refractivity contribution in [3.63, 3.8) is 0 Å². The van der Waals surface area contributed by atoms with Gasteiger partial charge in [0.2, 0.25) is 0 Å². The summed E-state index contributed by atoms with van der Waals surface area (Å²) in [7, 11) is 0. The number of oxazole rings is 1. The SMILES string of the molecule is Cc1nc(Sc2ccc(CNC(C)C)c(Br)c2)oc1C. The van der Waals surface area contributed by atoms with E-state index in [1.165, 1.54) is 5.56 Å². The van der Waals surface area contributed by atoms with Gasteiger partial charge in [-0.15, -0.1) is 0 Å². The molecule has 1 N–H and O–H groups in total. The maximum Gasteiger partial charge on any atom is 0.260 e. The van der Waals surface area contributed by atoms with Crippen LogP contribution in [0.5, 0.6) is 0 Å². The fraction of sp³-hybridized carbons (Fsp3) is 0.400. The Bertz CT molecular complexity index is 576. The van der Waals surface area contributed by atoms with Crippen molar-refractivity contribution in [2.45, 2.75) is 50.4 Å². The number of rotatable bonds is 5. The van der Waals surface area contributed by atoms with Crippen LogP contribution in [0, 0.1) is 13.8 Å². The van der Waals surface area contributed by atoms with Gasteiger partial charge in [-0.2, -0.15) is 0 Å². The van der Waals surface area contributed by atoms with Crippen LogP contribution in [0.25, 0.3) is 0 Å². The highest BCUT2D eigenvalue weighted by Gasteiger charge is 2.09. The molecule has 0 aliphatic heterocycles. The Morgan fingerprint density at radius 2 is 2.10 bits per heavy atom. The number of aryl methyl sites for hydroxylation is 2. The first kappa shape index (κ1) is 15.6. The summed E-state index contributed by atoms with van der Waals surface area (Å²) in [6.07, 6.45) is 0. The summed E-state index contributed by atoms with van der Waals surface area (Å²) >= 11 is 5.17. The lowest BCUT2D eigenvalue weighted by Crippen LogP contribution is -2.21. The molecule has 20 heavy (non-hydrogen) atoms. The van der Waals surface area contributed by atoms with Crippen molar-refractivity contribution in [3.8, 4) is 0 Å². The fourth-order valence-electron chi connectivity index (χ4n) is 1.64. The largest absolute Gasteiger partial charge is 0.436 e. The van der Waals surface area contributed by atoms with E-state index in [1.807, 2.05) is 13.8 Å². The molecule has 2 rings (SSSR count). The highest BCUT2D eigenvalue weighted by Crippen LogP contribution is 2.31. The van der Waals surface area contributed by atoms with Gasteiger partial charge in [0.05, 0.1) is 5.69 Å². The van der Waals surface area contributed by atoms with Crippen LogP contribution in [-0.2, 0) is 6.54 Å². The van der Waals surface area contributed by atoms with E-state index >= 15 is 0 Å². The number of nitrogens with zero attached hydrogens (tertiary/aromatic N) is 1. The molecule has 3 nitrogen and oxygen atoms in total. The van der Waals surface area contributed by atoms with Gasteiger partial charge >= 0.3 is 0 Å². The summed E-state index contributed by atoms with van der Waals surface area (Å²) in [4.78, 5) is 5.50. The van der Waals surface area contributed by atoms with Crippen molar-refractivity contribution in [1.29, 1.82) is 0 Å². The Morgan fingerprint density at radius 1 is 1.35 bits per heavy atom. The molecule has 0 aliphatic rings. The maximum atomic E-state index is 5.59. The van der Waals surface area contributed by atoms with Gasteiger partial charge in [-0.3, -0.25) is 0 Å². The van der Waals surface area contributed by atoms with E-state index in [4.69, 9.17) is 4.42 Å². The van der Waals surface area contributed by atoms with Gasteiger partial charge in [0.1, 0.15) is 5.76 Å². The molecular weight excluding hydrogens is 336 g/mol. The van der Waals surface area contributed by atoms with E-state index in [0.29, 0.717) is 11.3 Å². The summed E-state index contributed by atoms with van der Waals surface area (Å²) < 4.78 is 6.70. The zero-order valence-electron chi connectivity index (χ0n) is 12.2. The van der Waals surface area contributed by atoms with Crippen LogP contribution < -0.4 is 5.32 Å². The van der Waals surface area contributed by atoms with Crippen LogP contribution in [-0.4, -0.2) is 11.0 Å². The van der Waals surface area contributed by atoms with Crippen molar-refractivity contribution < 1.29 is 4.42 Å². The second-order valence-corrected chi connectivity index (χ2v) is 6.89. The van der Waals surface area contributed by atoms with Crippen molar-refractivity contribution >= 4 is 27.7 Å². The third-order valence-electron chi connectivity index (χ3n) is 2.94. The standard InChI is InChI=1S/C15H19BrN2OS/c1-9(2)17-8-12-5-6-13(7-14(12)16)20-15-18-10(3)11(4)19-15/h5-7,9,17H,8H2,1-4H3. The average Bonchev–Trinajstić information content (AvgIpc) is 2.67. The van der Waals surface area contributed by atoms with Crippen molar-refractivity contribution in [2.24, 2.45) is 0 Å². The summed E-state index contributed by atoms with van der Waals surface area (Å²) in [5, 5.41) is 4.11. The van der Waals surface area contributed by atoms with Crippen LogP contribution in [0.2, 0.25) is 0 Å². The van der Waals surface area contributed by atoms with Crippen LogP contribution in [0.3, 0.4) is 0 Å². The van der Waals surface area contributed by atoms with Gasteiger partial charge in [0.15, 0.2) is 0 Å². The van der Waals surface area contributed by atoms with Gasteiger partial charge in [-0.25, -0.2) is 4.98 Å². The minimum Gasteiger partial charge on any atom is -0.436 e. The number of benzene rings is 1. The molecule has 0 fully saturated rings. The number of hydrogen-bond acceptors (Lipinski definition) is 4. The van der Waals surface area contributed by atoms with Crippen LogP contribution in [0.15, 0.2) is 37.2 Å². The molecule has 0 aliphatic carbocycles. The lowest BCUT2D eigenvalue weighted by Gasteiger charge is -2.10. The van der Waals surface area contributed by atoms with E-state index in [0.717, 1.165) is 27.4 Å². The molecule has 1 aromatic carbocycles. The zero-order chi connectivity index (χ0) is 14.7. The topological polar surface area (TPSA) is 38.1 Å². The Hall–Kier alpha value is -0.780. The molecule has 0 bridgehead atoms. The van der Waals surface area contributed by atoms with Crippen molar-refractivity contribution in [2.75, 3.05) is 0 Å². The second-order valence-electron chi connectivity index (χ2n) is 5.01. The van der Waals surface area contributed by atoms with Gasteiger partial charge in [-0.1, -0.05) is 35.8 Å². The highest BCUT2D eigenvalue weighted by molar-refractivity contribution is 9.10. The first-order chi connectivity index (χ1) is 9.45. The van der Waals surface area contributed by atoms with E-state index in [2.05, 4.69) is 58.3 Å². The molecular formula is C15H19BrN2OS. The molecule has 5 heteroatoms. The molecule has 0 saturated heterocycles. The van der Waals surface area contributed by atoms with Gasteiger partial charge in [0, 0.05) is 22.0 Å². The predicted octanol–water partition coefficient (Wildman–Crippen LogP) is 4.70. The second kappa shape index (κ2) is 6.78. The van der Waals surface area contributed by atoms with Crippen molar-refractivity contribution in [1.82, 2.24) is 10.3 Å². The smallest absolute Gasteiger partial charge is 0.260 e. The van der Waals surface area contributed by atoms with Crippen LogP contribution in [0.1, 0.15) is 30.9 Å². The summed E-state index contributed by atoms with van der Waals surface area (Å²) in [5.41, 5.74) is 2.20. The molecule has 1 heterocycles. The molecule has 0 radical (unpaired) electrons. The molecule has 0 unspecified atom stereocenters. The molecule has 1 aromatic heterocycles. The van der Waals surface area contributed by atoms with Gasteiger partial charge in [0.25, 0.3) is 5.22 Å². The molecule has 0 amide bonds. The molecule has 0 spiro atoms. The van der Waals surface area contributed by atoms with E-state index < -0.39 is 0 Å². The average molecular weight is 355 g/mol. The Labute approximate surface area is 132 Å². The van der Waals surface area contributed by atoms with E-state index in [9.17, 15) is 0 Å². The normalized spacial score (nSPS) is 11.3. The number of halogens is 1. The third-order valence-corrected chi connectivity index (χ3v) is 4.52. The fourth-order valence-corrected chi connectivity index (χ4v) is 3.17. The van der Waals surface area contributed by atoms with Crippen molar-refractivity contribution in [3.05, 3.63) is 39.7 Å². The van der Waals surface area contributed by atoms with Crippen LogP contribution in [0.4, 0.5) is 0 Å². The zero-order valence-corrected chi connectivity index (χ0v) is 14.6. The van der Waals surface area contributed by atoms with Crippen LogP contribution >= 0.6 is 27.7 Å². The Morgan fingerprint density at radius 3 is 2.65 bits per heavy atom. The minimum atomic E-state index is 0.481. The lowest BCUT2D eigenvalue weighted by molar-refractivity contribution is 0.431. The monoisotopic (exact) mass is 354 g/mol. The number of nitrogens with one attached hydrogen (secondary N) is 1. The Balaban J connectivity index is 2.08. The minimum absolute atomic E-state index is 0.481. The number of aromatic nitrogens is 1. The maximum absolute atomic E-state index is 5.59. The Kier molecular flexibility index (Phi) is 5.29. The summed E-state index contributed by atoms with van der Waals surface area (Å²) in [5.74, 6) is 0.879. The number of hydrogen-bond donors (Lipinski definition) is 1. The molecule has 0 atom stereocenters. The van der Waals surface area contributed by atoms with E-state index in [1.54, 1.807) is 11.8 Å². The molecule has 0 saturated carbocycles. The molecule has 108 valence electrons. The van der Waals surface area contributed by atoms with Gasteiger partial charge < -0.3 is 9.73 Å². The third kappa shape index (κ3) is 4.11. The highest BCUT2D eigenvalue weighted by atomic mass is 79.9. The lowest BCUT2D eigenvalue weighted by atomic mass is 10.2. The summed E-state index contributed by atoms with van der Waals surface area (Å²) in [6.45, 7) is 9.04.